The molecule has 0 aromatic heterocycles. The molecule has 0 spiro atoms. The van der Waals surface area contributed by atoms with Crippen molar-refractivity contribution in [2.75, 3.05) is 24.0 Å². The molecular formula is C26H35FO5S2. The number of alkyl halides is 1. The van der Waals surface area contributed by atoms with E-state index in [1.165, 1.54) is 35.7 Å². The summed E-state index contributed by atoms with van der Waals surface area (Å²) in [5.74, 6) is -1.49. The molecule has 4 aliphatic rings. The van der Waals surface area contributed by atoms with E-state index in [2.05, 4.69) is 0 Å². The van der Waals surface area contributed by atoms with Crippen molar-refractivity contribution in [2.24, 2.45) is 28.6 Å². The number of Topliss-reactive ketones (excluding diaryl/α,β-unsaturated/α-hetero) is 1. The molecule has 0 aromatic carbocycles. The number of esters is 1. The lowest BCUT2D eigenvalue weighted by atomic mass is 9.44. The van der Waals surface area contributed by atoms with Crippen LogP contribution >= 0.6 is 23.5 Å². The average Bonchev–Trinajstić information content (AvgIpc) is 2.97. The van der Waals surface area contributed by atoms with Crippen molar-refractivity contribution < 1.29 is 28.6 Å². The Hall–Kier alpha value is -1.12. The first-order valence-corrected chi connectivity index (χ1v) is 14.7. The number of hydrogen-bond acceptors (Lipinski definition) is 7. The Morgan fingerprint density at radius 3 is 2.53 bits per heavy atom. The largest absolute Gasteiger partial charge is 0.449 e. The minimum absolute atomic E-state index is 0.0202. The van der Waals surface area contributed by atoms with Gasteiger partial charge in [-0.05, 0) is 63.2 Å². The minimum atomic E-state index is -1.97. The standard InChI is InChI=1S/C26H35FO5S2/c1-15-10-19-18-7-6-16-11-17(28)8-9-23(16,2)25(18,27)20(29)12-24(19,3)26(15,21(30)13-33-4)32-22(31)14-34-5/h8-9,11,15,18-20,29H,6-7,10,12-14H2,1-5H3/t15-,18-,19-,20-,23-,24-,25-,26-/m0/s1. The van der Waals surface area contributed by atoms with Crippen molar-refractivity contribution in [3.63, 3.8) is 0 Å². The average molecular weight is 511 g/mol. The quantitative estimate of drug-likeness (QED) is 0.537. The normalized spacial score (nSPS) is 45.1. The smallest absolute Gasteiger partial charge is 0.316 e. The summed E-state index contributed by atoms with van der Waals surface area (Å²) in [6.45, 7) is 5.63. The molecule has 0 aliphatic heterocycles. The molecule has 0 amide bonds. The number of ether oxygens (including phenoxy) is 1. The number of thioether (sulfide) groups is 2. The van der Waals surface area contributed by atoms with Gasteiger partial charge in [-0.3, -0.25) is 14.4 Å². The molecule has 34 heavy (non-hydrogen) atoms. The number of rotatable bonds is 6. The Bertz CT molecular complexity index is 965. The van der Waals surface area contributed by atoms with Crippen LogP contribution in [0.25, 0.3) is 0 Å². The van der Waals surface area contributed by atoms with Gasteiger partial charge in [-0.15, -0.1) is 0 Å². The number of fused-ring (bicyclic) bond motifs is 5. The van der Waals surface area contributed by atoms with Crippen LogP contribution in [0.3, 0.4) is 0 Å². The Morgan fingerprint density at radius 2 is 1.88 bits per heavy atom. The summed E-state index contributed by atoms with van der Waals surface area (Å²) in [5, 5.41) is 11.5. The second-order valence-corrected chi connectivity index (χ2v) is 12.6. The van der Waals surface area contributed by atoms with E-state index in [1.807, 2.05) is 20.1 Å². The molecule has 3 fully saturated rings. The lowest BCUT2D eigenvalue weighted by molar-refractivity contribution is -0.226. The molecule has 0 aromatic rings. The number of allylic oxidation sites excluding steroid dienone is 4. The highest BCUT2D eigenvalue weighted by Crippen LogP contribution is 2.71. The maximum Gasteiger partial charge on any atom is 0.316 e. The molecule has 0 heterocycles. The fourth-order valence-corrected chi connectivity index (χ4v) is 8.74. The number of carbonyl (C=O) groups excluding carboxylic acids is 3. The van der Waals surface area contributed by atoms with Crippen LogP contribution < -0.4 is 0 Å². The number of ketones is 2. The fraction of sp³-hybridized carbons (Fsp3) is 0.731. The molecule has 3 saturated carbocycles. The van der Waals surface area contributed by atoms with E-state index >= 15 is 4.39 Å². The van der Waals surface area contributed by atoms with E-state index in [4.69, 9.17) is 4.74 Å². The Morgan fingerprint density at radius 1 is 1.21 bits per heavy atom. The van der Waals surface area contributed by atoms with Crippen LogP contribution in [0.5, 0.6) is 0 Å². The Kier molecular flexibility index (Phi) is 6.69. The summed E-state index contributed by atoms with van der Waals surface area (Å²) in [6, 6.07) is 0. The van der Waals surface area contributed by atoms with Crippen LogP contribution in [0, 0.1) is 28.6 Å². The van der Waals surface area contributed by atoms with Crippen LogP contribution in [0.1, 0.15) is 46.5 Å². The first-order valence-electron chi connectivity index (χ1n) is 12.0. The third-order valence-electron chi connectivity index (χ3n) is 9.41. The number of aliphatic hydroxyl groups is 1. The van der Waals surface area contributed by atoms with Crippen molar-refractivity contribution in [2.45, 2.75) is 63.8 Å². The van der Waals surface area contributed by atoms with Crippen molar-refractivity contribution in [3.05, 3.63) is 23.8 Å². The van der Waals surface area contributed by atoms with Crippen LogP contribution in [0.2, 0.25) is 0 Å². The molecule has 188 valence electrons. The van der Waals surface area contributed by atoms with Gasteiger partial charge in [0, 0.05) is 22.7 Å². The molecule has 0 unspecified atom stereocenters. The zero-order chi connectivity index (χ0) is 25.1. The molecule has 8 heteroatoms. The van der Waals surface area contributed by atoms with Crippen LogP contribution in [-0.4, -0.2) is 64.0 Å². The molecule has 4 aliphatic carbocycles. The molecule has 5 nitrogen and oxygen atoms in total. The summed E-state index contributed by atoms with van der Waals surface area (Å²) in [6.07, 6.45) is 8.44. The summed E-state index contributed by atoms with van der Waals surface area (Å²) >= 11 is 2.72. The van der Waals surface area contributed by atoms with E-state index in [9.17, 15) is 19.5 Å². The highest BCUT2D eigenvalue weighted by atomic mass is 32.2. The van der Waals surface area contributed by atoms with Gasteiger partial charge in [-0.1, -0.05) is 25.5 Å². The number of carbonyl (C=O) groups is 3. The lowest BCUT2D eigenvalue weighted by Gasteiger charge is -2.62. The highest BCUT2D eigenvalue weighted by Gasteiger charge is 2.77. The number of halogens is 1. The van der Waals surface area contributed by atoms with Gasteiger partial charge in [-0.2, -0.15) is 23.5 Å². The fourth-order valence-electron chi connectivity index (χ4n) is 7.96. The van der Waals surface area contributed by atoms with Gasteiger partial charge in [-0.25, -0.2) is 4.39 Å². The van der Waals surface area contributed by atoms with Crippen molar-refractivity contribution in [1.29, 1.82) is 0 Å². The van der Waals surface area contributed by atoms with Gasteiger partial charge in [0.2, 0.25) is 0 Å². The first-order chi connectivity index (χ1) is 15.9. The predicted octanol–water partition coefficient (Wildman–Crippen LogP) is 4.18. The van der Waals surface area contributed by atoms with E-state index in [-0.39, 0.29) is 41.3 Å². The molecular weight excluding hydrogens is 475 g/mol. The Labute approximate surface area is 209 Å². The van der Waals surface area contributed by atoms with Crippen molar-refractivity contribution in [3.8, 4) is 0 Å². The van der Waals surface area contributed by atoms with E-state index in [1.54, 1.807) is 19.3 Å². The molecule has 1 N–H and O–H groups in total. The zero-order valence-electron chi connectivity index (χ0n) is 20.6. The van der Waals surface area contributed by atoms with Crippen molar-refractivity contribution >= 4 is 41.1 Å². The highest BCUT2D eigenvalue weighted by molar-refractivity contribution is 7.99. The lowest BCUT2D eigenvalue weighted by Crippen LogP contribution is -2.70. The molecule has 0 bridgehead atoms. The topological polar surface area (TPSA) is 80.7 Å². The van der Waals surface area contributed by atoms with Crippen LogP contribution in [0.15, 0.2) is 23.8 Å². The first kappa shape index (κ1) is 26.0. The van der Waals surface area contributed by atoms with Gasteiger partial charge in [0.25, 0.3) is 0 Å². The number of aliphatic hydroxyl groups excluding tert-OH is 1. The van der Waals surface area contributed by atoms with E-state index in [0.717, 1.165) is 5.57 Å². The van der Waals surface area contributed by atoms with E-state index in [0.29, 0.717) is 19.3 Å². The monoisotopic (exact) mass is 510 g/mol. The molecule has 0 saturated heterocycles. The predicted molar refractivity (Wildman–Crippen MR) is 133 cm³/mol. The van der Waals surface area contributed by atoms with Gasteiger partial charge in [0.05, 0.1) is 17.6 Å². The maximum atomic E-state index is 17.3. The van der Waals surface area contributed by atoms with Crippen molar-refractivity contribution in [1.82, 2.24) is 0 Å². The number of hydrogen-bond donors (Lipinski definition) is 1. The third-order valence-corrected chi connectivity index (χ3v) is 10.5. The van der Waals surface area contributed by atoms with Crippen LogP contribution in [-0.2, 0) is 19.1 Å². The minimum Gasteiger partial charge on any atom is -0.449 e. The summed E-state index contributed by atoms with van der Waals surface area (Å²) in [4.78, 5) is 38.5. The zero-order valence-corrected chi connectivity index (χ0v) is 22.2. The second kappa shape index (κ2) is 8.77. The van der Waals surface area contributed by atoms with Gasteiger partial charge in [0.15, 0.2) is 22.8 Å². The summed E-state index contributed by atoms with van der Waals surface area (Å²) in [7, 11) is 0. The summed E-state index contributed by atoms with van der Waals surface area (Å²) < 4.78 is 23.4. The second-order valence-electron chi connectivity index (χ2n) is 10.9. The van der Waals surface area contributed by atoms with Crippen LogP contribution in [0.4, 0.5) is 4.39 Å². The third kappa shape index (κ3) is 3.27. The van der Waals surface area contributed by atoms with Gasteiger partial charge >= 0.3 is 5.97 Å². The SMILES string of the molecule is CSCC(=O)O[C@]1(C(=O)CSC)[C@@H](C)C[C@H]2[C@@H]3CCC4=CC(=O)C=C[C@]4(C)[C@@]3(F)[C@@H](O)C[C@@]21C. The maximum absolute atomic E-state index is 17.3. The van der Waals surface area contributed by atoms with E-state index < -0.39 is 40.1 Å². The van der Waals surface area contributed by atoms with Gasteiger partial charge in [0.1, 0.15) is 0 Å². The summed E-state index contributed by atoms with van der Waals surface area (Å²) in [5.41, 5.74) is -4.62. The molecule has 8 atom stereocenters. The molecule has 0 radical (unpaired) electrons. The van der Waals surface area contributed by atoms with Gasteiger partial charge < -0.3 is 9.84 Å². The Balaban J connectivity index is 1.83. The molecule has 4 rings (SSSR count).